The Labute approximate surface area is 137 Å². The van der Waals surface area contributed by atoms with E-state index in [0.29, 0.717) is 27.1 Å². The molecule has 2 aromatic carbocycles. The van der Waals surface area contributed by atoms with Gasteiger partial charge in [0.15, 0.2) is 0 Å². The number of nitrogens with zero attached hydrogens (tertiary/aromatic N) is 1. The van der Waals surface area contributed by atoms with Gasteiger partial charge in [-0.2, -0.15) is 5.26 Å². The Bertz CT molecular complexity index is 840. The lowest BCUT2D eigenvalue weighted by atomic mass is 9.83. The standard InChI is InChI=1S/C16H11Cl2N3O/c17-12-4-1-8(5-13(12)18)15-10-3-2-9(20)6-14(10)22-16(21)11(15)7-19/h1-6,15H,20-21H2. The van der Waals surface area contributed by atoms with E-state index in [1.54, 1.807) is 24.3 Å². The van der Waals surface area contributed by atoms with Crippen molar-refractivity contribution in [2.75, 3.05) is 5.73 Å². The van der Waals surface area contributed by atoms with Crippen LogP contribution in [0.5, 0.6) is 5.75 Å². The van der Waals surface area contributed by atoms with Gasteiger partial charge >= 0.3 is 0 Å². The van der Waals surface area contributed by atoms with Crippen molar-refractivity contribution in [2.45, 2.75) is 5.92 Å². The van der Waals surface area contributed by atoms with Crippen LogP contribution in [0.1, 0.15) is 17.0 Å². The second kappa shape index (κ2) is 5.45. The van der Waals surface area contributed by atoms with E-state index < -0.39 is 0 Å². The molecule has 6 heteroatoms. The average Bonchev–Trinajstić information content (AvgIpc) is 2.48. The molecule has 0 spiro atoms. The predicted molar refractivity (Wildman–Crippen MR) is 86.6 cm³/mol. The van der Waals surface area contributed by atoms with Crippen LogP contribution in [-0.2, 0) is 0 Å². The molecule has 1 unspecified atom stereocenters. The maximum absolute atomic E-state index is 9.45. The van der Waals surface area contributed by atoms with E-state index in [1.807, 2.05) is 12.1 Å². The van der Waals surface area contributed by atoms with Gasteiger partial charge in [-0.3, -0.25) is 0 Å². The van der Waals surface area contributed by atoms with Crippen molar-refractivity contribution in [3.05, 3.63) is 69.0 Å². The van der Waals surface area contributed by atoms with Crippen LogP contribution in [0.25, 0.3) is 0 Å². The topological polar surface area (TPSA) is 85.1 Å². The summed E-state index contributed by atoms with van der Waals surface area (Å²) in [7, 11) is 0. The van der Waals surface area contributed by atoms with Crippen molar-refractivity contribution in [3.63, 3.8) is 0 Å². The zero-order valence-electron chi connectivity index (χ0n) is 11.3. The van der Waals surface area contributed by atoms with E-state index in [1.165, 1.54) is 0 Å². The number of nitriles is 1. The zero-order valence-corrected chi connectivity index (χ0v) is 12.8. The first kappa shape index (κ1) is 14.6. The van der Waals surface area contributed by atoms with E-state index in [9.17, 15) is 5.26 Å². The smallest absolute Gasteiger partial charge is 0.205 e. The molecule has 4 nitrogen and oxygen atoms in total. The fourth-order valence-corrected chi connectivity index (χ4v) is 2.81. The van der Waals surface area contributed by atoms with Gasteiger partial charge in [0, 0.05) is 17.3 Å². The Hall–Kier alpha value is -2.35. The number of anilines is 1. The minimum atomic E-state index is -0.371. The van der Waals surface area contributed by atoms with Gasteiger partial charge < -0.3 is 16.2 Å². The molecule has 1 heterocycles. The zero-order chi connectivity index (χ0) is 15.9. The number of nitrogens with two attached hydrogens (primary N) is 2. The Morgan fingerprint density at radius 1 is 1.05 bits per heavy atom. The monoisotopic (exact) mass is 331 g/mol. The highest BCUT2D eigenvalue weighted by Crippen LogP contribution is 2.43. The van der Waals surface area contributed by atoms with Crippen LogP contribution in [0.2, 0.25) is 10.0 Å². The second-order valence-corrected chi connectivity index (χ2v) is 5.71. The molecule has 22 heavy (non-hydrogen) atoms. The first-order valence-corrected chi connectivity index (χ1v) is 7.19. The summed E-state index contributed by atoms with van der Waals surface area (Å²) in [6, 6.07) is 12.6. The maximum atomic E-state index is 9.45. The Kier molecular flexibility index (Phi) is 3.61. The summed E-state index contributed by atoms with van der Waals surface area (Å²) in [6.45, 7) is 0. The number of fused-ring (bicyclic) bond motifs is 1. The molecule has 1 atom stereocenters. The van der Waals surface area contributed by atoms with Crippen LogP contribution < -0.4 is 16.2 Å². The Morgan fingerprint density at radius 3 is 2.50 bits per heavy atom. The second-order valence-electron chi connectivity index (χ2n) is 4.90. The summed E-state index contributed by atoms with van der Waals surface area (Å²) < 4.78 is 5.52. The van der Waals surface area contributed by atoms with Crippen molar-refractivity contribution in [3.8, 4) is 11.8 Å². The van der Waals surface area contributed by atoms with Crippen LogP contribution >= 0.6 is 23.2 Å². The number of ether oxygens (including phenoxy) is 1. The summed E-state index contributed by atoms with van der Waals surface area (Å²) in [6.07, 6.45) is 0. The first-order chi connectivity index (χ1) is 10.5. The highest BCUT2D eigenvalue weighted by molar-refractivity contribution is 6.42. The van der Waals surface area contributed by atoms with E-state index in [2.05, 4.69) is 6.07 Å². The number of hydrogen-bond acceptors (Lipinski definition) is 4. The van der Waals surface area contributed by atoms with Crippen molar-refractivity contribution >= 4 is 28.9 Å². The highest BCUT2D eigenvalue weighted by atomic mass is 35.5. The minimum Gasteiger partial charge on any atom is -0.440 e. The van der Waals surface area contributed by atoms with Crippen LogP contribution in [0, 0.1) is 11.3 Å². The molecule has 0 saturated heterocycles. The molecule has 3 rings (SSSR count). The summed E-state index contributed by atoms with van der Waals surface area (Å²) >= 11 is 12.1. The van der Waals surface area contributed by atoms with E-state index in [0.717, 1.165) is 11.1 Å². The van der Waals surface area contributed by atoms with E-state index in [4.69, 9.17) is 39.4 Å². The van der Waals surface area contributed by atoms with Crippen molar-refractivity contribution in [1.82, 2.24) is 0 Å². The molecule has 0 saturated carbocycles. The van der Waals surface area contributed by atoms with Gasteiger partial charge in [-0.25, -0.2) is 0 Å². The third-order valence-corrected chi connectivity index (χ3v) is 4.26. The molecule has 0 aliphatic carbocycles. The van der Waals surface area contributed by atoms with Gasteiger partial charge in [0.1, 0.15) is 17.4 Å². The summed E-state index contributed by atoms with van der Waals surface area (Å²) in [5.74, 6) is 0.230. The van der Waals surface area contributed by atoms with Crippen LogP contribution in [-0.4, -0.2) is 0 Å². The predicted octanol–water partition coefficient (Wildman–Crippen LogP) is 3.79. The lowest BCUT2D eigenvalue weighted by Crippen LogP contribution is -2.21. The third-order valence-electron chi connectivity index (χ3n) is 3.52. The summed E-state index contributed by atoms with van der Waals surface area (Å²) in [4.78, 5) is 0. The van der Waals surface area contributed by atoms with Crippen molar-refractivity contribution in [2.24, 2.45) is 5.73 Å². The van der Waals surface area contributed by atoms with E-state index in [-0.39, 0.29) is 11.8 Å². The molecule has 1 aliphatic heterocycles. The average molecular weight is 332 g/mol. The Balaban J connectivity index is 2.23. The van der Waals surface area contributed by atoms with Gasteiger partial charge in [-0.05, 0) is 23.8 Å². The highest BCUT2D eigenvalue weighted by Gasteiger charge is 2.30. The number of nitrogen functional groups attached to an aromatic ring is 1. The molecule has 0 fully saturated rings. The van der Waals surface area contributed by atoms with Gasteiger partial charge in [-0.1, -0.05) is 35.3 Å². The number of benzene rings is 2. The largest absolute Gasteiger partial charge is 0.440 e. The fraction of sp³-hybridized carbons (Fsp3) is 0.0625. The molecule has 0 bridgehead atoms. The number of hydrogen-bond donors (Lipinski definition) is 2. The first-order valence-electron chi connectivity index (χ1n) is 6.43. The van der Waals surface area contributed by atoms with Crippen molar-refractivity contribution in [1.29, 1.82) is 5.26 Å². The molecular weight excluding hydrogens is 321 g/mol. The van der Waals surface area contributed by atoms with Gasteiger partial charge in [-0.15, -0.1) is 0 Å². The molecule has 0 aromatic heterocycles. The SMILES string of the molecule is N#CC1=C(N)Oc2cc(N)ccc2C1c1ccc(Cl)c(Cl)c1. The van der Waals surface area contributed by atoms with E-state index >= 15 is 0 Å². The Morgan fingerprint density at radius 2 is 1.82 bits per heavy atom. The van der Waals surface area contributed by atoms with Crippen molar-refractivity contribution < 1.29 is 4.74 Å². The lowest BCUT2D eigenvalue weighted by Gasteiger charge is -2.26. The number of rotatable bonds is 1. The lowest BCUT2D eigenvalue weighted by molar-refractivity contribution is 0.394. The molecule has 0 amide bonds. The molecule has 110 valence electrons. The van der Waals surface area contributed by atoms with Gasteiger partial charge in [0.2, 0.25) is 5.88 Å². The molecule has 0 radical (unpaired) electrons. The summed E-state index contributed by atoms with van der Waals surface area (Å²) in [5, 5.41) is 10.3. The van der Waals surface area contributed by atoms with Crippen LogP contribution in [0.15, 0.2) is 47.9 Å². The molecular formula is C16H11Cl2N3O. The third kappa shape index (κ3) is 2.35. The fourth-order valence-electron chi connectivity index (χ4n) is 2.51. The maximum Gasteiger partial charge on any atom is 0.205 e. The molecule has 2 aromatic rings. The molecule has 4 N–H and O–H groups in total. The number of allylic oxidation sites excluding steroid dienone is 1. The normalized spacial score (nSPS) is 16.7. The van der Waals surface area contributed by atoms with Crippen LogP contribution in [0.4, 0.5) is 5.69 Å². The minimum absolute atomic E-state index is 0.0664. The van der Waals surface area contributed by atoms with Gasteiger partial charge in [0.25, 0.3) is 0 Å². The number of halogens is 2. The molecule has 1 aliphatic rings. The van der Waals surface area contributed by atoms with Crippen LogP contribution in [0.3, 0.4) is 0 Å². The summed E-state index contributed by atoms with van der Waals surface area (Å²) in [5.41, 5.74) is 14.2. The quantitative estimate of drug-likeness (QED) is 0.778. The van der Waals surface area contributed by atoms with Gasteiger partial charge in [0.05, 0.1) is 16.0 Å².